The first-order chi connectivity index (χ1) is 9.51. The van der Waals surface area contributed by atoms with Crippen LogP contribution in [0.15, 0.2) is 34.8 Å². The molecule has 1 atom stereocenters. The van der Waals surface area contributed by atoms with E-state index in [1.807, 2.05) is 12.1 Å². The summed E-state index contributed by atoms with van der Waals surface area (Å²) in [5, 5.41) is 13.0. The van der Waals surface area contributed by atoms with Crippen molar-refractivity contribution in [3.8, 4) is 0 Å². The predicted molar refractivity (Wildman–Crippen MR) is 86.8 cm³/mol. The highest BCUT2D eigenvalue weighted by Crippen LogP contribution is 2.30. The fraction of sp³-hybridized carbons (Fsp3) is 0.214. The number of carboxylic acids is 1. The molecule has 0 fully saturated rings. The van der Waals surface area contributed by atoms with Gasteiger partial charge in [0.15, 0.2) is 6.04 Å². The van der Waals surface area contributed by atoms with Crippen LogP contribution in [0.2, 0.25) is 5.02 Å². The summed E-state index contributed by atoms with van der Waals surface area (Å²) in [6.45, 7) is 2.05. The Balaban J connectivity index is 2.25. The van der Waals surface area contributed by atoms with Crippen LogP contribution in [0.5, 0.6) is 0 Å². The second kappa shape index (κ2) is 6.61. The monoisotopic (exact) mass is 373 g/mol. The quantitative estimate of drug-likeness (QED) is 0.777. The summed E-state index contributed by atoms with van der Waals surface area (Å²) in [4.78, 5) is 13.4. The van der Waals surface area contributed by atoms with Gasteiger partial charge < -0.3 is 10.4 Å². The van der Waals surface area contributed by atoms with E-state index in [-0.39, 0.29) is 0 Å². The predicted octanol–water partition coefficient (Wildman–Crippen LogP) is 4.96. The van der Waals surface area contributed by atoms with Gasteiger partial charge in [-0.3, -0.25) is 0 Å². The Morgan fingerprint density at radius 2 is 2.20 bits per heavy atom. The number of aliphatic carboxylic acids is 1. The van der Waals surface area contributed by atoms with Crippen LogP contribution < -0.4 is 5.32 Å². The van der Waals surface area contributed by atoms with E-state index in [4.69, 9.17) is 11.6 Å². The molecule has 106 valence electrons. The van der Waals surface area contributed by atoms with E-state index in [1.54, 1.807) is 18.2 Å². The molecular weight excluding hydrogens is 362 g/mol. The van der Waals surface area contributed by atoms with Gasteiger partial charge in [0.2, 0.25) is 0 Å². The lowest BCUT2D eigenvalue weighted by molar-refractivity contribution is -0.138. The molecule has 0 aliphatic carbocycles. The van der Waals surface area contributed by atoms with Crippen LogP contribution in [0, 0.1) is 0 Å². The van der Waals surface area contributed by atoms with E-state index in [1.165, 1.54) is 16.2 Å². The minimum Gasteiger partial charge on any atom is -0.479 e. The van der Waals surface area contributed by atoms with Gasteiger partial charge in [0, 0.05) is 19.9 Å². The molecule has 6 heteroatoms. The first kappa shape index (κ1) is 15.4. The molecule has 0 saturated carbocycles. The summed E-state index contributed by atoms with van der Waals surface area (Å²) in [5.74, 6) is -0.902. The summed E-state index contributed by atoms with van der Waals surface area (Å²) in [5.41, 5.74) is 0.708. The number of carbonyl (C=O) groups is 1. The zero-order valence-corrected chi connectivity index (χ0v) is 13.8. The van der Waals surface area contributed by atoms with Crippen LogP contribution in [-0.4, -0.2) is 11.1 Å². The Hall–Kier alpha value is -1.04. The Morgan fingerprint density at radius 3 is 2.75 bits per heavy atom. The van der Waals surface area contributed by atoms with E-state index in [0.29, 0.717) is 10.7 Å². The number of aryl methyl sites for hydroxylation is 1. The van der Waals surface area contributed by atoms with Gasteiger partial charge in [0.05, 0.1) is 5.02 Å². The SMILES string of the molecule is CCc1ccc(C(Nc2ccc(Cl)c(Br)c2)C(=O)O)s1. The largest absolute Gasteiger partial charge is 0.479 e. The van der Waals surface area contributed by atoms with Crippen LogP contribution >= 0.6 is 38.9 Å². The van der Waals surface area contributed by atoms with Gasteiger partial charge in [0.1, 0.15) is 0 Å². The maximum absolute atomic E-state index is 11.5. The zero-order chi connectivity index (χ0) is 14.7. The van der Waals surface area contributed by atoms with E-state index >= 15 is 0 Å². The lowest BCUT2D eigenvalue weighted by Crippen LogP contribution is -2.19. The van der Waals surface area contributed by atoms with Crippen molar-refractivity contribution in [3.05, 3.63) is 49.6 Å². The lowest BCUT2D eigenvalue weighted by Gasteiger charge is -2.15. The zero-order valence-electron chi connectivity index (χ0n) is 10.7. The number of halogens is 2. The third kappa shape index (κ3) is 3.53. The number of thiophene rings is 1. The smallest absolute Gasteiger partial charge is 0.331 e. The van der Waals surface area contributed by atoms with Crippen molar-refractivity contribution >= 4 is 50.5 Å². The fourth-order valence-electron chi connectivity index (χ4n) is 1.75. The summed E-state index contributed by atoms with van der Waals surface area (Å²) in [6.07, 6.45) is 0.906. The van der Waals surface area contributed by atoms with Gasteiger partial charge in [-0.1, -0.05) is 18.5 Å². The highest BCUT2D eigenvalue weighted by atomic mass is 79.9. The number of hydrogen-bond donors (Lipinski definition) is 2. The van der Waals surface area contributed by atoms with Crippen molar-refractivity contribution < 1.29 is 9.90 Å². The molecule has 0 radical (unpaired) electrons. The topological polar surface area (TPSA) is 49.3 Å². The number of nitrogens with one attached hydrogen (secondary N) is 1. The molecule has 0 aliphatic heterocycles. The second-order valence-corrected chi connectivity index (χ2v) is 6.66. The van der Waals surface area contributed by atoms with Gasteiger partial charge in [0.25, 0.3) is 0 Å². The third-order valence-electron chi connectivity index (χ3n) is 2.79. The molecule has 1 heterocycles. The summed E-state index contributed by atoms with van der Waals surface area (Å²) in [7, 11) is 0. The van der Waals surface area contributed by atoms with Crippen LogP contribution in [0.25, 0.3) is 0 Å². The third-order valence-corrected chi connectivity index (χ3v) is 5.30. The molecule has 0 saturated heterocycles. The van der Waals surface area contributed by atoms with Gasteiger partial charge in [-0.2, -0.15) is 0 Å². The van der Waals surface area contributed by atoms with Crippen molar-refractivity contribution in [2.75, 3.05) is 5.32 Å². The minimum absolute atomic E-state index is 0.590. The van der Waals surface area contributed by atoms with Crippen molar-refractivity contribution in [2.24, 2.45) is 0 Å². The maximum atomic E-state index is 11.5. The molecule has 2 N–H and O–H groups in total. The Labute approximate surface area is 134 Å². The van der Waals surface area contributed by atoms with Crippen molar-refractivity contribution in [1.82, 2.24) is 0 Å². The van der Waals surface area contributed by atoms with Crippen molar-refractivity contribution in [2.45, 2.75) is 19.4 Å². The first-order valence-corrected chi connectivity index (χ1v) is 8.03. The van der Waals surface area contributed by atoms with Gasteiger partial charge in [-0.05, 0) is 52.7 Å². The molecule has 20 heavy (non-hydrogen) atoms. The second-order valence-electron chi connectivity index (χ2n) is 4.20. The normalized spacial score (nSPS) is 12.2. The molecule has 1 aromatic carbocycles. The van der Waals surface area contributed by atoms with E-state index in [2.05, 4.69) is 28.2 Å². The number of benzene rings is 1. The molecule has 1 unspecified atom stereocenters. The average molecular weight is 375 g/mol. The van der Waals surface area contributed by atoms with Gasteiger partial charge >= 0.3 is 5.97 Å². The number of carboxylic acid groups (broad SMARTS) is 1. The molecule has 3 nitrogen and oxygen atoms in total. The van der Waals surface area contributed by atoms with Crippen molar-refractivity contribution in [3.63, 3.8) is 0 Å². The molecular formula is C14H13BrClNO2S. The molecule has 0 spiro atoms. The Morgan fingerprint density at radius 1 is 1.45 bits per heavy atom. The highest BCUT2D eigenvalue weighted by molar-refractivity contribution is 9.10. The molecule has 0 aliphatic rings. The number of anilines is 1. The molecule has 0 bridgehead atoms. The Kier molecular flexibility index (Phi) is 5.07. The van der Waals surface area contributed by atoms with Crippen LogP contribution in [0.4, 0.5) is 5.69 Å². The van der Waals surface area contributed by atoms with Gasteiger partial charge in [-0.25, -0.2) is 4.79 Å². The molecule has 2 rings (SSSR count). The average Bonchev–Trinajstić information content (AvgIpc) is 2.88. The van der Waals surface area contributed by atoms with Crippen LogP contribution in [-0.2, 0) is 11.2 Å². The van der Waals surface area contributed by atoms with Crippen molar-refractivity contribution in [1.29, 1.82) is 0 Å². The highest BCUT2D eigenvalue weighted by Gasteiger charge is 2.21. The number of rotatable bonds is 5. The van der Waals surface area contributed by atoms with E-state index in [9.17, 15) is 9.90 Å². The fourth-order valence-corrected chi connectivity index (χ4v) is 3.24. The van der Waals surface area contributed by atoms with E-state index in [0.717, 1.165) is 15.8 Å². The van der Waals surface area contributed by atoms with E-state index < -0.39 is 12.0 Å². The molecule has 0 amide bonds. The summed E-state index contributed by atoms with van der Waals surface area (Å²) in [6, 6.07) is 8.33. The molecule has 2 aromatic rings. The number of hydrogen-bond acceptors (Lipinski definition) is 3. The standard InChI is InChI=1S/C14H13BrClNO2S/c1-2-9-4-6-12(20-9)13(14(18)19)17-8-3-5-11(16)10(15)7-8/h3-7,13,17H,2H2,1H3,(H,18,19). The summed E-state index contributed by atoms with van der Waals surface area (Å²) < 4.78 is 0.730. The Bertz CT molecular complexity index is 629. The molecule has 1 aromatic heterocycles. The maximum Gasteiger partial charge on any atom is 0.331 e. The minimum atomic E-state index is -0.902. The van der Waals surface area contributed by atoms with Crippen LogP contribution in [0.1, 0.15) is 22.7 Å². The van der Waals surface area contributed by atoms with Gasteiger partial charge in [-0.15, -0.1) is 11.3 Å². The first-order valence-electron chi connectivity index (χ1n) is 6.04. The lowest BCUT2D eigenvalue weighted by atomic mass is 10.2. The summed E-state index contributed by atoms with van der Waals surface area (Å²) >= 11 is 10.8. The van der Waals surface area contributed by atoms with Crippen LogP contribution in [0.3, 0.4) is 0 Å².